The van der Waals surface area contributed by atoms with E-state index in [1.54, 1.807) is 18.2 Å². The van der Waals surface area contributed by atoms with Crippen molar-refractivity contribution in [3.05, 3.63) is 63.1 Å². The Morgan fingerprint density at radius 1 is 1.25 bits per heavy atom. The maximum absolute atomic E-state index is 8.61. The zero-order chi connectivity index (χ0) is 14.5. The van der Waals surface area contributed by atoms with E-state index < -0.39 is 0 Å². The van der Waals surface area contributed by atoms with Crippen molar-refractivity contribution in [2.75, 3.05) is 0 Å². The first kappa shape index (κ1) is 14.7. The first-order valence-corrected chi connectivity index (χ1v) is 6.92. The van der Waals surface area contributed by atoms with E-state index in [0.29, 0.717) is 17.2 Å². The Balaban J connectivity index is 2.08. The Kier molecular flexibility index (Phi) is 4.87. The van der Waals surface area contributed by atoms with Gasteiger partial charge in [-0.15, -0.1) is 0 Å². The Morgan fingerprint density at radius 2 is 1.95 bits per heavy atom. The molecule has 0 unspecified atom stereocenters. The van der Waals surface area contributed by atoms with E-state index >= 15 is 0 Å². The molecule has 0 amide bonds. The number of rotatable bonds is 4. The van der Waals surface area contributed by atoms with Crippen LogP contribution in [0.15, 0.2) is 52.1 Å². The zero-order valence-corrected chi connectivity index (χ0v) is 12.7. The second kappa shape index (κ2) is 6.63. The predicted octanol–water partition coefficient (Wildman–Crippen LogP) is 3.78. The molecular formula is C14H12BrClN2O2. The Bertz CT molecular complexity index is 630. The molecular weight excluding hydrogens is 344 g/mol. The fourth-order valence-corrected chi connectivity index (χ4v) is 2.07. The van der Waals surface area contributed by atoms with Crippen LogP contribution >= 0.6 is 27.5 Å². The summed E-state index contributed by atoms with van der Waals surface area (Å²) in [4.78, 5) is 0. The fraction of sp³-hybridized carbons (Fsp3) is 0.0714. The first-order chi connectivity index (χ1) is 9.60. The van der Waals surface area contributed by atoms with E-state index in [4.69, 9.17) is 27.3 Å². The van der Waals surface area contributed by atoms with Gasteiger partial charge in [0.2, 0.25) is 0 Å². The molecule has 0 aliphatic rings. The quantitative estimate of drug-likeness (QED) is 0.379. The van der Waals surface area contributed by atoms with E-state index in [2.05, 4.69) is 21.1 Å². The minimum Gasteiger partial charge on any atom is -0.489 e. The monoisotopic (exact) mass is 354 g/mol. The molecule has 0 saturated carbocycles. The number of ether oxygens (including phenoxy) is 1. The van der Waals surface area contributed by atoms with E-state index in [-0.39, 0.29) is 5.84 Å². The van der Waals surface area contributed by atoms with Crippen molar-refractivity contribution in [1.29, 1.82) is 0 Å². The summed E-state index contributed by atoms with van der Waals surface area (Å²) in [5.74, 6) is 0.775. The van der Waals surface area contributed by atoms with Gasteiger partial charge in [-0.25, -0.2) is 0 Å². The average molecular weight is 356 g/mol. The van der Waals surface area contributed by atoms with Crippen molar-refractivity contribution in [3.63, 3.8) is 0 Å². The Morgan fingerprint density at radius 3 is 2.55 bits per heavy atom. The van der Waals surface area contributed by atoms with Crippen molar-refractivity contribution in [2.45, 2.75) is 6.61 Å². The van der Waals surface area contributed by atoms with Gasteiger partial charge in [0.15, 0.2) is 5.84 Å². The topological polar surface area (TPSA) is 67.8 Å². The van der Waals surface area contributed by atoms with E-state index in [1.165, 1.54) is 0 Å². The molecule has 0 saturated heterocycles. The lowest BCUT2D eigenvalue weighted by atomic mass is 10.1. The van der Waals surface area contributed by atoms with Gasteiger partial charge < -0.3 is 15.7 Å². The highest BCUT2D eigenvalue weighted by Crippen LogP contribution is 2.21. The van der Waals surface area contributed by atoms with Gasteiger partial charge >= 0.3 is 0 Å². The summed E-state index contributed by atoms with van der Waals surface area (Å²) in [5.41, 5.74) is 6.88. The second-order valence-electron chi connectivity index (χ2n) is 4.03. The SMILES string of the molecule is N/C(=N/O)c1ccc(COc2ccc(Br)cc2)c(Cl)c1. The lowest BCUT2D eigenvalue weighted by molar-refractivity contribution is 0.306. The maximum Gasteiger partial charge on any atom is 0.170 e. The van der Waals surface area contributed by atoms with Gasteiger partial charge in [0.05, 0.1) is 0 Å². The number of hydrogen-bond acceptors (Lipinski definition) is 3. The van der Waals surface area contributed by atoms with Crippen molar-refractivity contribution in [1.82, 2.24) is 0 Å². The normalized spacial score (nSPS) is 11.4. The summed E-state index contributed by atoms with van der Waals surface area (Å²) >= 11 is 9.50. The molecule has 0 spiro atoms. The molecule has 3 N–H and O–H groups in total. The molecule has 0 fully saturated rings. The molecule has 0 radical (unpaired) electrons. The molecule has 2 aromatic rings. The number of amidine groups is 1. The van der Waals surface area contributed by atoms with Crippen molar-refractivity contribution >= 4 is 33.4 Å². The number of hydrogen-bond donors (Lipinski definition) is 2. The van der Waals surface area contributed by atoms with Crippen LogP contribution in [0, 0.1) is 0 Å². The van der Waals surface area contributed by atoms with E-state index in [0.717, 1.165) is 15.8 Å². The Hall–Kier alpha value is -1.72. The molecule has 2 aromatic carbocycles. The van der Waals surface area contributed by atoms with Crippen LogP contribution in [0.2, 0.25) is 5.02 Å². The third-order valence-electron chi connectivity index (χ3n) is 2.66. The lowest BCUT2D eigenvalue weighted by Gasteiger charge is -2.09. The highest BCUT2D eigenvalue weighted by Gasteiger charge is 2.06. The molecule has 2 rings (SSSR count). The van der Waals surface area contributed by atoms with E-state index in [9.17, 15) is 0 Å². The molecule has 0 bridgehead atoms. The summed E-state index contributed by atoms with van der Waals surface area (Å²) < 4.78 is 6.63. The first-order valence-electron chi connectivity index (χ1n) is 5.75. The third kappa shape index (κ3) is 3.65. The van der Waals surface area contributed by atoms with Gasteiger partial charge in [-0.1, -0.05) is 44.8 Å². The van der Waals surface area contributed by atoms with Gasteiger partial charge in [-0.2, -0.15) is 0 Å². The molecule has 0 aromatic heterocycles. The minimum absolute atomic E-state index is 0.0206. The maximum atomic E-state index is 8.61. The summed E-state index contributed by atoms with van der Waals surface area (Å²) in [7, 11) is 0. The van der Waals surface area contributed by atoms with Crippen LogP contribution in [0.4, 0.5) is 0 Å². The molecule has 104 valence electrons. The van der Waals surface area contributed by atoms with Gasteiger partial charge in [0.25, 0.3) is 0 Å². The molecule has 0 atom stereocenters. The van der Waals surface area contributed by atoms with Crippen LogP contribution < -0.4 is 10.5 Å². The minimum atomic E-state index is 0.0206. The molecule has 0 aliphatic heterocycles. The van der Waals surface area contributed by atoms with Crippen LogP contribution in [0.1, 0.15) is 11.1 Å². The molecule has 4 nitrogen and oxygen atoms in total. The smallest absolute Gasteiger partial charge is 0.170 e. The summed E-state index contributed by atoms with van der Waals surface area (Å²) in [6.07, 6.45) is 0. The molecule has 0 heterocycles. The second-order valence-corrected chi connectivity index (χ2v) is 5.36. The number of oxime groups is 1. The van der Waals surface area contributed by atoms with Crippen molar-refractivity contribution in [2.24, 2.45) is 10.9 Å². The number of benzene rings is 2. The van der Waals surface area contributed by atoms with Gasteiger partial charge in [-0.3, -0.25) is 0 Å². The average Bonchev–Trinajstić information content (AvgIpc) is 2.46. The van der Waals surface area contributed by atoms with Gasteiger partial charge in [-0.05, 0) is 30.3 Å². The number of nitrogens with two attached hydrogens (primary N) is 1. The van der Waals surface area contributed by atoms with Crippen molar-refractivity contribution in [3.8, 4) is 5.75 Å². The molecule has 20 heavy (non-hydrogen) atoms. The van der Waals surface area contributed by atoms with Gasteiger partial charge in [0.1, 0.15) is 12.4 Å². The lowest BCUT2D eigenvalue weighted by Crippen LogP contribution is -2.13. The van der Waals surface area contributed by atoms with Crippen LogP contribution in [0.3, 0.4) is 0 Å². The fourth-order valence-electron chi connectivity index (χ4n) is 1.57. The Labute approximate surface area is 129 Å². The standard InChI is InChI=1S/C14H12BrClN2O2/c15-11-3-5-12(6-4-11)20-8-10-2-1-9(7-13(10)16)14(17)18-19/h1-7,19H,8H2,(H2,17,18). The highest BCUT2D eigenvalue weighted by molar-refractivity contribution is 9.10. The third-order valence-corrected chi connectivity index (χ3v) is 3.55. The van der Waals surface area contributed by atoms with Crippen LogP contribution in [-0.2, 0) is 6.61 Å². The van der Waals surface area contributed by atoms with Gasteiger partial charge in [0, 0.05) is 20.6 Å². The predicted molar refractivity (Wildman–Crippen MR) is 82.4 cm³/mol. The largest absolute Gasteiger partial charge is 0.489 e. The molecule has 6 heteroatoms. The summed E-state index contributed by atoms with van der Waals surface area (Å²) in [6.45, 7) is 0.344. The van der Waals surface area contributed by atoms with Crippen LogP contribution in [0.5, 0.6) is 5.75 Å². The zero-order valence-electron chi connectivity index (χ0n) is 10.4. The van der Waals surface area contributed by atoms with Crippen LogP contribution in [0.25, 0.3) is 0 Å². The summed E-state index contributed by atoms with van der Waals surface area (Å²) in [5, 5.41) is 12.1. The number of halogens is 2. The molecule has 0 aliphatic carbocycles. The van der Waals surface area contributed by atoms with E-state index in [1.807, 2.05) is 24.3 Å². The highest BCUT2D eigenvalue weighted by atomic mass is 79.9. The number of nitrogens with zero attached hydrogens (tertiary/aromatic N) is 1. The van der Waals surface area contributed by atoms with Crippen LogP contribution in [-0.4, -0.2) is 11.0 Å². The summed E-state index contributed by atoms with van der Waals surface area (Å²) in [6, 6.07) is 12.7. The van der Waals surface area contributed by atoms with Crippen molar-refractivity contribution < 1.29 is 9.94 Å².